The Bertz CT molecular complexity index is 169. The summed E-state index contributed by atoms with van der Waals surface area (Å²) < 4.78 is 1.90. The van der Waals surface area contributed by atoms with Crippen LogP contribution in [0.3, 0.4) is 0 Å². The summed E-state index contributed by atoms with van der Waals surface area (Å²) in [5.74, 6) is 0.514. The van der Waals surface area contributed by atoms with Gasteiger partial charge in [0, 0.05) is 18.9 Å². The van der Waals surface area contributed by atoms with Crippen molar-refractivity contribution in [3.8, 4) is 0 Å². The lowest BCUT2D eigenvalue weighted by Crippen LogP contribution is -2.17. The first-order valence-electron chi connectivity index (χ1n) is 3.50. The predicted molar refractivity (Wildman–Crippen MR) is 40.4 cm³/mol. The largest absolute Gasteiger partial charge is 0.330 e. The summed E-state index contributed by atoms with van der Waals surface area (Å²) in [6, 6.07) is 1.92. The second-order valence-electron chi connectivity index (χ2n) is 2.57. The Hall–Kier alpha value is -0.830. The van der Waals surface area contributed by atoms with E-state index in [0.717, 1.165) is 13.1 Å². The van der Waals surface area contributed by atoms with Crippen LogP contribution in [0.4, 0.5) is 0 Å². The van der Waals surface area contributed by atoms with Crippen molar-refractivity contribution in [2.45, 2.75) is 13.5 Å². The van der Waals surface area contributed by atoms with Gasteiger partial charge < -0.3 is 5.73 Å². The van der Waals surface area contributed by atoms with Crippen LogP contribution in [0.5, 0.6) is 0 Å². The molecule has 0 aromatic carbocycles. The summed E-state index contributed by atoms with van der Waals surface area (Å²) in [5.41, 5.74) is 5.45. The molecule has 1 atom stereocenters. The average Bonchev–Trinajstić information content (AvgIpc) is 2.40. The van der Waals surface area contributed by atoms with Crippen LogP contribution in [-0.2, 0) is 6.54 Å². The van der Waals surface area contributed by atoms with Gasteiger partial charge in [0.2, 0.25) is 0 Å². The van der Waals surface area contributed by atoms with Gasteiger partial charge in [-0.3, -0.25) is 4.68 Å². The molecule has 0 saturated heterocycles. The molecule has 0 aliphatic rings. The van der Waals surface area contributed by atoms with Crippen LogP contribution >= 0.6 is 0 Å². The lowest BCUT2D eigenvalue weighted by atomic mass is 10.2. The SMILES string of the molecule is C[C@H](CN)Cn1cccn1. The Morgan fingerprint density at radius 2 is 2.50 bits per heavy atom. The summed E-state index contributed by atoms with van der Waals surface area (Å²) in [7, 11) is 0. The Morgan fingerprint density at radius 1 is 1.70 bits per heavy atom. The molecule has 56 valence electrons. The highest BCUT2D eigenvalue weighted by Gasteiger charge is 1.98. The molecule has 3 heteroatoms. The molecule has 0 bridgehead atoms. The van der Waals surface area contributed by atoms with Gasteiger partial charge in [-0.25, -0.2) is 0 Å². The van der Waals surface area contributed by atoms with E-state index in [1.54, 1.807) is 6.20 Å². The zero-order valence-electron chi connectivity index (χ0n) is 6.20. The zero-order chi connectivity index (χ0) is 7.40. The van der Waals surface area contributed by atoms with Gasteiger partial charge in [0.05, 0.1) is 0 Å². The maximum absolute atomic E-state index is 5.45. The smallest absolute Gasteiger partial charge is 0.0489 e. The third-order valence-electron chi connectivity index (χ3n) is 1.46. The van der Waals surface area contributed by atoms with Gasteiger partial charge in [-0.1, -0.05) is 6.92 Å². The van der Waals surface area contributed by atoms with E-state index in [4.69, 9.17) is 5.73 Å². The number of nitrogens with two attached hydrogens (primary N) is 1. The van der Waals surface area contributed by atoms with E-state index in [9.17, 15) is 0 Å². The number of aromatic nitrogens is 2. The van der Waals surface area contributed by atoms with Crippen molar-refractivity contribution >= 4 is 0 Å². The van der Waals surface area contributed by atoms with Crippen LogP contribution in [0.1, 0.15) is 6.92 Å². The van der Waals surface area contributed by atoms with Gasteiger partial charge in [-0.2, -0.15) is 5.10 Å². The van der Waals surface area contributed by atoms with Crippen LogP contribution in [0.25, 0.3) is 0 Å². The molecule has 1 aromatic rings. The van der Waals surface area contributed by atoms with Gasteiger partial charge >= 0.3 is 0 Å². The minimum atomic E-state index is 0.514. The molecule has 0 spiro atoms. The van der Waals surface area contributed by atoms with Gasteiger partial charge in [0.1, 0.15) is 0 Å². The topological polar surface area (TPSA) is 43.8 Å². The predicted octanol–water partition coefficient (Wildman–Crippen LogP) is 0.478. The summed E-state index contributed by atoms with van der Waals surface area (Å²) in [6.07, 6.45) is 3.73. The molecule has 1 aromatic heterocycles. The number of nitrogens with zero attached hydrogens (tertiary/aromatic N) is 2. The summed E-state index contributed by atoms with van der Waals surface area (Å²) in [5, 5.41) is 4.07. The third kappa shape index (κ3) is 1.84. The van der Waals surface area contributed by atoms with Crippen molar-refractivity contribution in [2.24, 2.45) is 11.7 Å². The molecular weight excluding hydrogens is 126 g/mol. The second kappa shape index (κ2) is 3.37. The lowest BCUT2D eigenvalue weighted by Gasteiger charge is -2.06. The standard InChI is InChI=1S/C7H13N3/c1-7(5-8)6-10-4-2-3-9-10/h2-4,7H,5-6,8H2,1H3/t7-/m1/s1. The van der Waals surface area contributed by atoms with Crippen LogP contribution < -0.4 is 5.73 Å². The van der Waals surface area contributed by atoms with E-state index < -0.39 is 0 Å². The second-order valence-corrected chi connectivity index (χ2v) is 2.57. The fourth-order valence-electron chi connectivity index (χ4n) is 0.802. The fourth-order valence-corrected chi connectivity index (χ4v) is 0.802. The van der Waals surface area contributed by atoms with Crippen LogP contribution in [0.15, 0.2) is 18.5 Å². The highest BCUT2D eigenvalue weighted by atomic mass is 15.3. The molecule has 2 N–H and O–H groups in total. The maximum Gasteiger partial charge on any atom is 0.0489 e. The van der Waals surface area contributed by atoms with Crippen molar-refractivity contribution in [2.75, 3.05) is 6.54 Å². The van der Waals surface area contributed by atoms with Gasteiger partial charge in [-0.05, 0) is 18.5 Å². The number of hydrogen-bond donors (Lipinski definition) is 1. The minimum Gasteiger partial charge on any atom is -0.330 e. The van der Waals surface area contributed by atoms with Crippen molar-refractivity contribution < 1.29 is 0 Å². The highest BCUT2D eigenvalue weighted by Crippen LogP contribution is 1.95. The molecule has 0 aliphatic carbocycles. The zero-order valence-corrected chi connectivity index (χ0v) is 6.20. The van der Waals surface area contributed by atoms with Crippen LogP contribution in [0.2, 0.25) is 0 Å². The van der Waals surface area contributed by atoms with E-state index in [1.165, 1.54) is 0 Å². The first-order chi connectivity index (χ1) is 4.83. The molecule has 0 radical (unpaired) electrons. The van der Waals surface area contributed by atoms with Crippen LogP contribution in [-0.4, -0.2) is 16.3 Å². The monoisotopic (exact) mass is 139 g/mol. The molecule has 1 heterocycles. The number of hydrogen-bond acceptors (Lipinski definition) is 2. The quantitative estimate of drug-likeness (QED) is 0.661. The Balaban J connectivity index is 2.40. The number of rotatable bonds is 3. The maximum atomic E-state index is 5.45. The highest BCUT2D eigenvalue weighted by molar-refractivity contribution is 4.78. The first-order valence-corrected chi connectivity index (χ1v) is 3.50. The van der Waals surface area contributed by atoms with Crippen molar-refractivity contribution in [3.05, 3.63) is 18.5 Å². The van der Waals surface area contributed by atoms with E-state index in [1.807, 2.05) is 16.9 Å². The molecule has 1 rings (SSSR count). The van der Waals surface area contributed by atoms with Gasteiger partial charge in [0.25, 0.3) is 0 Å². The Labute approximate surface area is 60.8 Å². The molecule has 0 aliphatic heterocycles. The molecular formula is C7H13N3. The van der Waals surface area contributed by atoms with Gasteiger partial charge in [-0.15, -0.1) is 0 Å². The third-order valence-corrected chi connectivity index (χ3v) is 1.46. The summed E-state index contributed by atoms with van der Waals surface area (Å²) in [6.45, 7) is 3.76. The van der Waals surface area contributed by atoms with Crippen LogP contribution in [0, 0.1) is 5.92 Å². The molecule has 0 amide bonds. The van der Waals surface area contributed by atoms with E-state index in [0.29, 0.717) is 5.92 Å². The normalized spacial score (nSPS) is 13.4. The molecule has 3 nitrogen and oxygen atoms in total. The Morgan fingerprint density at radius 3 is 3.00 bits per heavy atom. The van der Waals surface area contributed by atoms with E-state index >= 15 is 0 Å². The fraction of sp³-hybridized carbons (Fsp3) is 0.571. The minimum absolute atomic E-state index is 0.514. The summed E-state index contributed by atoms with van der Waals surface area (Å²) in [4.78, 5) is 0. The average molecular weight is 139 g/mol. The Kier molecular flexibility index (Phi) is 2.45. The molecule has 0 saturated carbocycles. The van der Waals surface area contributed by atoms with Crippen molar-refractivity contribution in [3.63, 3.8) is 0 Å². The first kappa shape index (κ1) is 7.28. The molecule has 10 heavy (non-hydrogen) atoms. The van der Waals surface area contributed by atoms with Crippen molar-refractivity contribution in [1.82, 2.24) is 9.78 Å². The molecule has 0 unspecified atom stereocenters. The van der Waals surface area contributed by atoms with Gasteiger partial charge in [0.15, 0.2) is 0 Å². The molecule has 0 fully saturated rings. The van der Waals surface area contributed by atoms with E-state index in [-0.39, 0.29) is 0 Å². The van der Waals surface area contributed by atoms with Crippen molar-refractivity contribution in [1.29, 1.82) is 0 Å². The summed E-state index contributed by atoms with van der Waals surface area (Å²) >= 11 is 0. The van der Waals surface area contributed by atoms with E-state index in [2.05, 4.69) is 12.0 Å². The lowest BCUT2D eigenvalue weighted by molar-refractivity contribution is 0.458.